The van der Waals surface area contributed by atoms with E-state index in [-0.39, 0.29) is 11.9 Å². The number of halogens is 1. The predicted octanol–water partition coefficient (Wildman–Crippen LogP) is 1.73. The molecular formula is C18H22IN3O8. The average molecular weight is 535 g/mol. The third-order valence-electron chi connectivity index (χ3n) is 4.75. The van der Waals surface area contributed by atoms with Crippen LogP contribution in [-0.4, -0.2) is 52.0 Å². The monoisotopic (exact) mass is 535 g/mol. The molecule has 164 valence electrons. The number of esters is 2. The maximum Gasteiger partial charge on any atom is 0.413 e. The van der Waals surface area contributed by atoms with Gasteiger partial charge in [0.05, 0.1) is 9.67 Å². The molecule has 1 saturated heterocycles. The number of hydrogen-bond acceptors (Lipinski definition) is 9. The van der Waals surface area contributed by atoms with Gasteiger partial charge < -0.3 is 18.9 Å². The molecule has 0 aromatic carbocycles. The molecule has 2 heterocycles. The molecule has 1 aliphatic heterocycles. The van der Waals surface area contributed by atoms with E-state index in [0.717, 1.165) is 23.8 Å². The van der Waals surface area contributed by atoms with Gasteiger partial charge in [-0.1, -0.05) is 0 Å². The molecule has 0 spiro atoms. The van der Waals surface area contributed by atoms with E-state index in [2.05, 4.69) is 10.3 Å². The van der Waals surface area contributed by atoms with Gasteiger partial charge in [0.1, 0.15) is 6.10 Å². The van der Waals surface area contributed by atoms with E-state index in [1.807, 2.05) is 22.6 Å². The minimum atomic E-state index is -1.06. The molecule has 1 aliphatic carbocycles. The summed E-state index contributed by atoms with van der Waals surface area (Å²) in [6, 6.07) is 0. The average Bonchev–Trinajstić information content (AvgIpc) is 2.89. The van der Waals surface area contributed by atoms with Crippen LogP contribution in [0.1, 0.15) is 46.3 Å². The number of amides is 1. The van der Waals surface area contributed by atoms with Crippen LogP contribution in [0.5, 0.6) is 0 Å². The predicted molar refractivity (Wildman–Crippen MR) is 110 cm³/mol. The highest BCUT2D eigenvalue weighted by molar-refractivity contribution is 14.1. The number of nitrogens with one attached hydrogen (secondary N) is 1. The number of aromatic nitrogens is 2. The Morgan fingerprint density at radius 1 is 1.17 bits per heavy atom. The normalized spacial score (nSPS) is 25.9. The molecule has 1 aromatic heterocycles. The van der Waals surface area contributed by atoms with E-state index in [9.17, 15) is 19.2 Å². The summed E-state index contributed by atoms with van der Waals surface area (Å²) in [5, 5.41) is 2.47. The molecule has 30 heavy (non-hydrogen) atoms. The third kappa shape index (κ3) is 5.09. The van der Waals surface area contributed by atoms with Gasteiger partial charge in [-0.2, -0.15) is 4.98 Å². The molecule has 1 aromatic rings. The second-order valence-electron chi connectivity index (χ2n) is 7.09. The first kappa shape index (κ1) is 22.5. The zero-order valence-electron chi connectivity index (χ0n) is 16.6. The van der Waals surface area contributed by atoms with Crippen molar-refractivity contribution in [3.63, 3.8) is 0 Å². The van der Waals surface area contributed by atoms with E-state index in [1.54, 1.807) is 6.92 Å². The van der Waals surface area contributed by atoms with Crippen LogP contribution in [0.25, 0.3) is 0 Å². The van der Waals surface area contributed by atoms with Gasteiger partial charge in [0, 0.05) is 20.0 Å². The first-order chi connectivity index (χ1) is 14.2. The van der Waals surface area contributed by atoms with E-state index < -0.39 is 48.3 Å². The first-order valence-corrected chi connectivity index (χ1v) is 10.5. The minimum Gasteiger partial charge on any atom is -0.456 e. The van der Waals surface area contributed by atoms with Crippen LogP contribution in [0.2, 0.25) is 0 Å². The quantitative estimate of drug-likeness (QED) is 0.340. The van der Waals surface area contributed by atoms with E-state index in [0.29, 0.717) is 3.57 Å². The number of anilines is 1. The molecule has 3 rings (SSSR count). The molecule has 1 amide bonds. The van der Waals surface area contributed by atoms with Crippen molar-refractivity contribution in [1.29, 1.82) is 0 Å². The summed E-state index contributed by atoms with van der Waals surface area (Å²) in [5.74, 6) is -1.14. The Labute approximate surface area is 185 Å². The molecule has 2 aliphatic rings. The van der Waals surface area contributed by atoms with Crippen LogP contribution in [0.3, 0.4) is 0 Å². The van der Waals surface area contributed by atoms with E-state index in [4.69, 9.17) is 18.9 Å². The highest BCUT2D eigenvalue weighted by atomic mass is 127. The van der Waals surface area contributed by atoms with Crippen molar-refractivity contribution in [3.8, 4) is 0 Å². The van der Waals surface area contributed by atoms with Gasteiger partial charge in [-0.3, -0.25) is 19.5 Å². The van der Waals surface area contributed by atoms with Crippen LogP contribution in [-0.2, 0) is 28.5 Å². The highest BCUT2D eigenvalue weighted by Gasteiger charge is 2.48. The van der Waals surface area contributed by atoms with Gasteiger partial charge in [0.15, 0.2) is 24.3 Å². The van der Waals surface area contributed by atoms with Crippen molar-refractivity contribution in [2.24, 2.45) is 0 Å². The summed E-state index contributed by atoms with van der Waals surface area (Å²) in [6.07, 6.45) is -0.355. The van der Waals surface area contributed by atoms with Gasteiger partial charge in [0.2, 0.25) is 0 Å². The number of rotatable bonds is 5. The fourth-order valence-corrected chi connectivity index (χ4v) is 3.74. The van der Waals surface area contributed by atoms with Crippen molar-refractivity contribution in [2.45, 2.75) is 70.7 Å². The molecule has 1 saturated carbocycles. The molecule has 4 atom stereocenters. The minimum absolute atomic E-state index is 0.0489. The summed E-state index contributed by atoms with van der Waals surface area (Å²) in [7, 11) is 0. The molecule has 0 unspecified atom stereocenters. The number of nitrogens with zero attached hydrogens (tertiary/aromatic N) is 2. The number of carbonyl (C=O) groups is 3. The molecule has 12 heteroatoms. The first-order valence-electron chi connectivity index (χ1n) is 9.42. The second-order valence-corrected chi connectivity index (χ2v) is 8.25. The topological polar surface area (TPSA) is 135 Å². The third-order valence-corrected chi connectivity index (χ3v) is 5.54. The fourth-order valence-electron chi connectivity index (χ4n) is 3.18. The second kappa shape index (κ2) is 9.29. The molecule has 11 nitrogen and oxygen atoms in total. The zero-order valence-corrected chi connectivity index (χ0v) is 18.8. The van der Waals surface area contributed by atoms with Gasteiger partial charge in [0.25, 0.3) is 0 Å². The van der Waals surface area contributed by atoms with Crippen LogP contribution in [0.4, 0.5) is 10.6 Å². The van der Waals surface area contributed by atoms with Gasteiger partial charge >= 0.3 is 23.7 Å². The maximum atomic E-state index is 12.6. The Morgan fingerprint density at radius 2 is 1.80 bits per heavy atom. The molecule has 2 fully saturated rings. The Bertz CT molecular complexity index is 900. The van der Waals surface area contributed by atoms with Crippen molar-refractivity contribution >= 4 is 46.4 Å². The molecule has 1 N–H and O–H groups in total. The molecule has 0 radical (unpaired) electrons. The van der Waals surface area contributed by atoms with Crippen LogP contribution in [0, 0.1) is 3.57 Å². The Morgan fingerprint density at radius 3 is 2.37 bits per heavy atom. The summed E-state index contributed by atoms with van der Waals surface area (Å²) in [5.41, 5.74) is -0.743. The SMILES string of the molecule is CC(=O)O[C@@H]1[C@H](OC(C)=O)[C@@H](C)O[C@H]1n1cc(I)c(NC(=O)OC2CCC2)nc1=O. The lowest BCUT2D eigenvalue weighted by atomic mass is 9.96. The van der Waals surface area contributed by atoms with Crippen LogP contribution >= 0.6 is 22.6 Å². The van der Waals surface area contributed by atoms with Gasteiger partial charge in [-0.15, -0.1) is 0 Å². The van der Waals surface area contributed by atoms with E-state index in [1.165, 1.54) is 20.0 Å². The van der Waals surface area contributed by atoms with Crippen LogP contribution in [0.15, 0.2) is 11.0 Å². The Hall–Kier alpha value is -2.22. The zero-order chi connectivity index (χ0) is 22.0. The van der Waals surface area contributed by atoms with E-state index >= 15 is 0 Å². The van der Waals surface area contributed by atoms with Crippen molar-refractivity contribution in [3.05, 3.63) is 20.3 Å². The standard InChI is InChI=1S/C18H22IN3O8/c1-8-13(28-9(2)23)14(29-10(3)24)16(27-8)22-7-12(19)15(20-17(22)25)21-18(26)30-11-5-4-6-11/h7-8,11,13-14,16H,4-6H2,1-3H3,(H,20,21,25,26)/t8-,13-,14-,16-/m1/s1. The summed E-state index contributed by atoms with van der Waals surface area (Å²) >= 11 is 1.90. The van der Waals surface area contributed by atoms with Crippen molar-refractivity contribution in [1.82, 2.24) is 9.55 Å². The number of ether oxygens (including phenoxy) is 4. The van der Waals surface area contributed by atoms with Crippen LogP contribution < -0.4 is 11.0 Å². The van der Waals surface area contributed by atoms with Gasteiger partial charge in [-0.25, -0.2) is 9.59 Å². The summed E-state index contributed by atoms with van der Waals surface area (Å²) in [6.45, 7) is 4.07. The van der Waals surface area contributed by atoms with Crippen molar-refractivity contribution in [2.75, 3.05) is 5.32 Å². The highest BCUT2D eigenvalue weighted by Crippen LogP contribution is 2.33. The fraction of sp³-hybridized carbons (Fsp3) is 0.611. The lowest BCUT2D eigenvalue weighted by Gasteiger charge is -2.25. The summed E-state index contributed by atoms with van der Waals surface area (Å²) in [4.78, 5) is 51.5. The van der Waals surface area contributed by atoms with Crippen molar-refractivity contribution < 1.29 is 33.3 Å². The lowest BCUT2D eigenvalue weighted by molar-refractivity contribution is -0.165. The van der Waals surface area contributed by atoms with Gasteiger partial charge in [-0.05, 0) is 48.8 Å². The Balaban J connectivity index is 1.83. The number of hydrogen-bond donors (Lipinski definition) is 1. The summed E-state index contributed by atoms with van der Waals surface area (Å²) < 4.78 is 23.1. The Kier molecular flexibility index (Phi) is 6.95. The molecule has 0 bridgehead atoms. The number of carbonyl (C=O) groups excluding carboxylic acids is 3. The molecular weight excluding hydrogens is 513 g/mol. The largest absolute Gasteiger partial charge is 0.456 e. The maximum absolute atomic E-state index is 12.6. The smallest absolute Gasteiger partial charge is 0.413 e. The lowest BCUT2D eigenvalue weighted by Crippen LogP contribution is -2.40.